The number of rotatable bonds is 12. The van der Waals surface area contributed by atoms with Crippen molar-refractivity contribution in [2.75, 3.05) is 26.4 Å². The molecule has 28 heavy (non-hydrogen) atoms. The Labute approximate surface area is 173 Å². The minimum atomic E-state index is 0.0344. The summed E-state index contributed by atoms with van der Waals surface area (Å²) < 4.78 is 2.19. The molecule has 0 unspecified atom stereocenters. The number of thioether (sulfide) groups is 1. The standard InChI is InChI=1S/C21H33N5OS/c1-5-7-15-26-20(18(6-2)25(3)4)23-24-21(26)28-16-19(27)22-14-13-17-11-9-8-10-12-17/h8-12,18H,5-7,13-16H2,1-4H3,(H,22,27)/t18-/m0/s1. The zero-order chi connectivity index (χ0) is 20.4. The third-order valence-electron chi connectivity index (χ3n) is 4.70. The van der Waals surface area contributed by atoms with Gasteiger partial charge in [-0.15, -0.1) is 10.2 Å². The second-order valence-corrected chi connectivity index (χ2v) is 8.05. The molecule has 1 amide bonds. The minimum Gasteiger partial charge on any atom is -0.355 e. The number of aromatic nitrogens is 3. The van der Waals surface area contributed by atoms with Crippen LogP contribution in [0.15, 0.2) is 35.5 Å². The summed E-state index contributed by atoms with van der Waals surface area (Å²) in [5, 5.41) is 12.7. The molecule has 0 radical (unpaired) electrons. The Balaban J connectivity index is 1.92. The second kappa shape index (κ2) is 11.9. The van der Waals surface area contributed by atoms with Gasteiger partial charge < -0.3 is 9.88 Å². The van der Waals surface area contributed by atoms with Crippen LogP contribution < -0.4 is 5.32 Å². The van der Waals surface area contributed by atoms with E-state index in [1.807, 2.05) is 18.2 Å². The van der Waals surface area contributed by atoms with Gasteiger partial charge in [-0.05, 0) is 38.9 Å². The lowest BCUT2D eigenvalue weighted by Crippen LogP contribution is -2.27. The number of amides is 1. The molecule has 0 aliphatic rings. The van der Waals surface area contributed by atoms with Gasteiger partial charge in [-0.2, -0.15) is 0 Å². The Morgan fingerprint density at radius 2 is 1.96 bits per heavy atom. The molecule has 1 aromatic carbocycles. The van der Waals surface area contributed by atoms with Crippen LogP contribution in [-0.2, 0) is 17.8 Å². The van der Waals surface area contributed by atoms with Crippen molar-refractivity contribution in [3.05, 3.63) is 41.7 Å². The maximum Gasteiger partial charge on any atom is 0.230 e. The Morgan fingerprint density at radius 3 is 2.61 bits per heavy atom. The fourth-order valence-electron chi connectivity index (χ4n) is 3.13. The van der Waals surface area contributed by atoms with Crippen molar-refractivity contribution in [3.8, 4) is 0 Å². The molecule has 7 heteroatoms. The van der Waals surface area contributed by atoms with Gasteiger partial charge in [0.25, 0.3) is 0 Å². The highest BCUT2D eigenvalue weighted by atomic mass is 32.2. The lowest BCUT2D eigenvalue weighted by Gasteiger charge is -2.23. The Kier molecular flexibility index (Phi) is 9.50. The first kappa shape index (κ1) is 22.4. The van der Waals surface area contributed by atoms with Gasteiger partial charge in [-0.25, -0.2) is 0 Å². The van der Waals surface area contributed by atoms with E-state index in [1.54, 1.807) is 0 Å². The maximum absolute atomic E-state index is 12.2. The SMILES string of the molecule is CCCCn1c(SCC(=O)NCCc2ccccc2)nnc1[C@H](CC)N(C)C. The van der Waals surface area contributed by atoms with E-state index in [1.165, 1.54) is 17.3 Å². The van der Waals surface area contributed by atoms with E-state index in [-0.39, 0.29) is 11.9 Å². The van der Waals surface area contributed by atoms with E-state index in [2.05, 4.69) is 65.1 Å². The summed E-state index contributed by atoms with van der Waals surface area (Å²) in [6.07, 6.45) is 4.00. The van der Waals surface area contributed by atoms with Crippen LogP contribution in [0.5, 0.6) is 0 Å². The van der Waals surface area contributed by atoms with Crippen molar-refractivity contribution in [3.63, 3.8) is 0 Å². The molecule has 0 bridgehead atoms. The Hall–Kier alpha value is -1.86. The van der Waals surface area contributed by atoms with Gasteiger partial charge in [0, 0.05) is 13.1 Å². The first-order valence-electron chi connectivity index (χ1n) is 10.1. The van der Waals surface area contributed by atoms with Gasteiger partial charge in [-0.3, -0.25) is 9.69 Å². The Bertz CT molecular complexity index is 717. The number of hydrogen-bond acceptors (Lipinski definition) is 5. The molecule has 1 atom stereocenters. The molecule has 154 valence electrons. The molecule has 1 N–H and O–H groups in total. The number of nitrogens with zero attached hydrogens (tertiary/aromatic N) is 4. The monoisotopic (exact) mass is 403 g/mol. The average Bonchev–Trinajstić information content (AvgIpc) is 3.08. The lowest BCUT2D eigenvalue weighted by molar-refractivity contribution is -0.118. The minimum absolute atomic E-state index is 0.0344. The van der Waals surface area contributed by atoms with Gasteiger partial charge in [-0.1, -0.05) is 62.4 Å². The van der Waals surface area contributed by atoms with Crippen molar-refractivity contribution in [2.45, 2.75) is 57.3 Å². The van der Waals surface area contributed by atoms with E-state index in [9.17, 15) is 4.79 Å². The van der Waals surface area contributed by atoms with Crippen molar-refractivity contribution in [1.29, 1.82) is 0 Å². The first-order valence-corrected chi connectivity index (χ1v) is 11.1. The van der Waals surface area contributed by atoms with Crippen LogP contribution in [0.4, 0.5) is 0 Å². The molecule has 1 heterocycles. The molecule has 2 rings (SSSR count). The van der Waals surface area contributed by atoms with Gasteiger partial charge in [0.1, 0.15) is 0 Å². The van der Waals surface area contributed by atoms with Crippen LogP contribution in [0, 0.1) is 0 Å². The van der Waals surface area contributed by atoms with Crippen molar-refractivity contribution >= 4 is 17.7 Å². The van der Waals surface area contributed by atoms with E-state index in [4.69, 9.17) is 0 Å². The van der Waals surface area contributed by atoms with Crippen LogP contribution in [0.2, 0.25) is 0 Å². The molecule has 0 saturated heterocycles. The zero-order valence-electron chi connectivity index (χ0n) is 17.5. The molecule has 0 aliphatic heterocycles. The lowest BCUT2D eigenvalue weighted by atomic mass is 10.1. The molecule has 6 nitrogen and oxygen atoms in total. The van der Waals surface area contributed by atoms with Gasteiger partial charge in [0.2, 0.25) is 5.91 Å². The van der Waals surface area contributed by atoms with Gasteiger partial charge in [0.15, 0.2) is 11.0 Å². The highest BCUT2D eigenvalue weighted by molar-refractivity contribution is 7.99. The zero-order valence-corrected chi connectivity index (χ0v) is 18.3. The number of unbranched alkanes of at least 4 members (excludes halogenated alkanes) is 1. The number of carbonyl (C=O) groups excluding carboxylic acids is 1. The van der Waals surface area contributed by atoms with Crippen molar-refractivity contribution in [2.24, 2.45) is 0 Å². The topological polar surface area (TPSA) is 63.1 Å². The third-order valence-corrected chi connectivity index (χ3v) is 5.67. The van der Waals surface area contributed by atoms with E-state index in [0.717, 1.165) is 43.2 Å². The molecule has 0 saturated carbocycles. The van der Waals surface area contributed by atoms with Gasteiger partial charge in [0.05, 0.1) is 11.8 Å². The van der Waals surface area contributed by atoms with Gasteiger partial charge >= 0.3 is 0 Å². The fourth-order valence-corrected chi connectivity index (χ4v) is 3.93. The normalized spacial score (nSPS) is 12.3. The molecule has 2 aromatic rings. The second-order valence-electron chi connectivity index (χ2n) is 7.11. The van der Waals surface area contributed by atoms with Crippen LogP contribution in [0.1, 0.15) is 50.5 Å². The van der Waals surface area contributed by atoms with Crippen LogP contribution in [0.3, 0.4) is 0 Å². The summed E-state index contributed by atoms with van der Waals surface area (Å²) in [6, 6.07) is 10.4. The molecule has 0 fully saturated rings. The van der Waals surface area contributed by atoms with Crippen molar-refractivity contribution in [1.82, 2.24) is 25.0 Å². The summed E-state index contributed by atoms with van der Waals surface area (Å²) in [5.74, 6) is 1.39. The third kappa shape index (κ3) is 6.63. The Morgan fingerprint density at radius 1 is 1.21 bits per heavy atom. The predicted molar refractivity (Wildman–Crippen MR) is 116 cm³/mol. The molecular formula is C21H33N5OS. The summed E-state index contributed by atoms with van der Waals surface area (Å²) in [7, 11) is 4.14. The van der Waals surface area contributed by atoms with Crippen LogP contribution >= 0.6 is 11.8 Å². The van der Waals surface area contributed by atoms with E-state index < -0.39 is 0 Å². The summed E-state index contributed by atoms with van der Waals surface area (Å²) in [4.78, 5) is 14.4. The average molecular weight is 404 g/mol. The number of benzene rings is 1. The highest BCUT2D eigenvalue weighted by Crippen LogP contribution is 2.25. The predicted octanol–water partition coefficient (Wildman–Crippen LogP) is 3.54. The number of nitrogens with one attached hydrogen (secondary N) is 1. The molecule has 1 aromatic heterocycles. The summed E-state index contributed by atoms with van der Waals surface area (Å²) in [5.41, 5.74) is 1.23. The van der Waals surface area contributed by atoms with E-state index >= 15 is 0 Å². The molecule has 0 aliphatic carbocycles. The first-order chi connectivity index (χ1) is 13.6. The summed E-state index contributed by atoms with van der Waals surface area (Å²) >= 11 is 1.47. The molecule has 0 spiro atoms. The quantitative estimate of drug-likeness (QED) is 0.549. The summed E-state index contributed by atoms with van der Waals surface area (Å²) in [6.45, 7) is 5.88. The largest absolute Gasteiger partial charge is 0.355 e. The highest BCUT2D eigenvalue weighted by Gasteiger charge is 2.22. The number of hydrogen-bond donors (Lipinski definition) is 1. The smallest absolute Gasteiger partial charge is 0.230 e. The van der Waals surface area contributed by atoms with Crippen molar-refractivity contribution < 1.29 is 4.79 Å². The van der Waals surface area contributed by atoms with E-state index in [0.29, 0.717) is 12.3 Å². The van der Waals surface area contributed by atoms with Crippen LogP contribution in [0.25, 0.3) is 0 Å². The molecular weight excluding hydrogens is 370 g/mol. The van der Waals surface area contributed by atoms with Crippen LogP contribution in [-0.4, -0.2) is 52.0 Å². The number of carbonyl (C=O) groups is 1. The maximum atomic E-state index is 12.2. The fraction of sp³-hybridized carbons (Fsp3) is 0.571.